The lowest BCUT2D eigenvalue weighted by atomic mass is 9.91. The molecule has 6 nitrogen and oxygen atoms in total. The number of para-hydroxylation sites is 2. The molecule has 4 heterocycles. The monoisotopic (exact) mass is 491 g/mol. The molecule has 2 aliphatic rings. The number of alkyl halides is 3. The summed E-state index contributed by atoms with van der Waals surface area (Å²) in [6.45, 7) is 2.47. The van der Waals surface area contributed by atoms with Crippen LogP contribution in [0.3, 0.4) is 0 Å². The molecule has 1 aromatic carbocycles. The minimum atomic E-state index is -4.48. The number of likely N-dealkylation sites (tertiary alicyclic amines) is 1. The first-order chi connectivity index (χ1) is 16.3. The number of hydrogen-bond acceptors (Lipinski definition) is 4. The second-order valence-corrected chi connectivity index (χ2v) is 9.43. The SMILES string of the molecule is O=C(C1CCN(c2ncc(C(F)(F)F)cc2Cl)CC1)N1CCC(c2nc3ccccc3[nH]2)CC1. The van der Waals surface area contributed by atoms with E-state index in [-0.39, 0.29) is 16.8 Å². The number of fused-ring (bicyclic) bond motifs is 1. The van der Waals surface area contributed by atoms with E-state index < -0.39 is 11.7 Å². The van der Waals surface area contributed by atoms with Gasteiger partial charge in [0.05, 0.1) is 21.6 Å². The number of rotatable bonds is 3. The van der Waals surface area contributed by atoms with Crippen LogP contribution in [0, 0.1) is 5.92 Å². The molecule has 0 spiro atoms. The molecule has 2 saturated heterocycles. The maximum atomic E-state index is 13.1. The number of piperidine rings is 2. The molecule has 180 valence electrons. The predicted octanol–water partition coefficient (Wildman–Crippen LogP) is 5.25. The summed E-state index contributed by atoms with van der Waals surface area (Å²) in [5.41, 5.74) is 1.13. The van der Waals surface area contributed by atoms with Gasteiger partial charge >= 0.3 is 6.18 Å². The molecule has 2 aromatic heterocycles. The molecule has 1 N–H and O–H groups in total. The van der Waals surface area contributed by atoms with Crippen LogP contribution in [0.4, 0.5) is 19.0 Å². The molecule has 0 aliphatic carbocycles. The average molecular weight is 492 g/mol. The first-order valence-corrected chi connectivity index (χ1v) is 11.9. The van der Waals surface area contributed by atoms with Crippen molar-refractivity contribution < 1.29 is 18.0 Å². The molecular formula is C24H25ClF3N5O. The predicted molar refractivity (Wildman–Crippen MR) is 124 cm³/mol. The standard InChI is InChI=1S/C24H25ClF3N5O/c25-18-13-17(24(26,27)28)14-29-22(18)32-9-7-16(8-10-32)23(34)33-11-5-15(6-12-33)21-30-19-3-1-2-4-20(19)31-21/h1-4,13-16H,5-12H2,(H,30,31). The van der Waals surface area contributed by atoms with Crippen LogP contribution in [0.15, 0.2) is 36.5 Å². The number of nitrogens with zero attached hydrogens (tertiary/aromatic N) is 4. The smallest absolute Gasteiger partial charge is 0.355 e. The summed E-state index contributed by atoms with van der Waals surface area (Å²) in [6, 6.07) is 8.88. The van der Waals surface area contributed by atoms with E-state index in [0.717, 1.165) is 42.0 Å². The van der Waals surface area contributed by atoms with Crippen molar-refractivity contribution in [1.29, 1.82) is 0 Å². The summed E-state index contributed by atoms with van der Waals surface area (Å²) < 4.78 is 38.6. The van der Waals surface area contributed by atoms with E-state index >= 15 is 0 Å². The molecule has 2 aliphatic heterocycles. The Morgan fingerprint density at radius 2 is 1.76 bits per heavy atom. The summed E-state index contributed by atoms with van der Waals surface area (Å²) in [6.07, 6.45) is -0.676. The van der Waals surface area contributed by atoms with Crippen LogP contribution < -0.4 is 4.90 Å². The maximum absolute atomic E-state index is 13.1. The highest BCUT2D eigenvalue weighted by molar-refractivity contribution is 6.33. The van der Waals surface area contributed by atoms with Crippen LogP contribution in [0.25, 0.3) is 11.0 Å². The van der Waals surface area contributed by atoms with Gasteiger partial charge in [0.1, 0.15) is 11.6 Å². The van der Waals surface area contributed by atoms with Crippen molar-refractivity contribution in [3.63, 3.8) is 0 Å². The van der Waals surface area contributed by atoms with E-state index in [9.17, 15) is 18.0 Å². The van der Waals surface area contributed by atoms with E-state index in [1.807, 2.05) is 34.1 Å². The number of carbonyl (C=O) groups is 1. The Labute approximate surface area is 200 Å². The second kappa shape index (κ2) is 9.09. The van der Waals surface area contributed by atoms with E-state index in [1.165, 1.54) is 0 Å². The zero-order chi connectivity index (χ0) is 23.9. The molecule has 5 rings (SSSR count). The molecule has 0 bridgehead atoms. The number of H-pyrrole nitrogens is 1. The van der Waals surface area contributed by atoms with Crippen molar-refractivity contribution in [2.45, 2.75) is 37.8 Å². The largest absolute Gasteiger partial charge is 0.417 e. The Balaban J connectivity index is 1.15. The van der Waals surface area contributed by atoms with Gasteiger partial charge in [-0.3, -0.25) is 4.79 Å². The molecule has 0 atom stereocenters. The van der Waals surface area contributed by atoms with E-state index in [4.69, 9.17) is 16.6 Å². The minimum absolute atomic E-state index is 0.0211. The zero-order valence-corrected chi connectivity index (χ0v) is 19.2. The molecule has 34 heavy (non-hydrogen) atoms. The van der Waals surface area contributed by atoms with Crippen LogP contribution in [0.1, 0.15) is 43.0 Å². The number of imidazole rings is 1. The fraction of sp³-hybridized carbons (Fsp3) is 0.458. The van der Waals surface area contributed by atoms with Gasteiger partial charge < -0.3 is 14.8 Å². The van der Waals surface area contributed by atoms with Gasteiger partial charge in [0.2, 0.25) is 5.91 Å². The molecule has 2 fully saturated rings. The summed E-state index contributed by atoms with van der Waals surface area (Å²) in [4.78, 5) is 29.0. The van der Waals surface area contributed by atoms with Gasteiger partial charge in [0.15, 0.2) is 0 Å². The quantitative estimate of drug-likeness (QED) is 0.543. The minimum Gasteiger partial charge on any atom is -0.355 e. The van der Waals surface area contributed by atoms with Gasteiger partial charge in [-0.15, -0.1) is 0 Å². The number of benzene rings is 1. The highest BCUT2D eigenvalue weighted by atomic mass is 35.5. The van der Waals surface area contributed by atoms with Crippen LogP contribution >= 0.6 is 11.6 Å². The van der Waals surface area contributed by atoms with Crippen LogP contribution in [0.2, 0.25) is 5.02 Å². The molecule has 0 unspecified atom stereocenters. The highest BCUT2D eigenvalue weighted by Gasteiger charge is 2.34. The average Bonchev–Trinajstić information content (AvgIpc) is 3.28. The first kappa shape index (κ1) is 23.0. The van der Waals surface area contributed by atoms with Crippen LogP contribution in [-0.2, 0) is 11.0 Å². The number of amides is 1. The van der Waals surface area contributed by atoms with Crippen molar-refractivity contribution >= 4 is 34.4 Å². The lowest BCUT2D eigenvalue weighted by molar-refractivity contribution is -0.138. The lowest BCUT2D eigenvalue weighted by Gasteiger charge is -2.37. The fourth-order valence-corrected chi connectivity index (χ4v) is 5.24. The zero-order valence-electron chi connectivity index (χ0n) is 18.5. The number of nitrogens with one attached hydrogen (secondary N) is 1. The van der Waals surface area contributed by atoms with Crippen molar-refractivity contribution in [3.05, 3.63) is 52.9 Å². The van der Waals surface area contributed by atoms with Crippen molar-refractivity contribution in [3.8, 4) is 0 Å². The fourth-order valence-electron chi connectivity index (χ4n) is 4.95. The topological polar surface area (TPSA) is 65.1 Å². The summed E-state index contributed by atoms with van der Waals surface area (Å²) in [7, 11) is 0. The Bertz CT molecular complexity index is 1150. The van der Waals surface area contributed by atoms with E-state index in [0.29, 0.717) is 50.8 Å². The Morgan fingerprint density at radius 3 is 2.41 bits per heavy atom. The first-order valence-electron chi connectivity index (χ1n) is 11.5. The number of aromatic amines is 1. The summed E-state index contributed by atoms with van der Waals surface area (Å²) in [5.74, 6) is 1.71. The normalized spacial score (nSPS) is 18.6. The number of pyridine rings is 1. The molecule has 0 radical (unpaired) electrons. The third kappa shape index (κ3) is 4.58. The van der Waals surface area contributed by atoms with E-state index in [2.05, 4.69) is 9.97 Å². The molecule has 1 amide bonds. The number of halogens is 4. The van der Waals surface area contributed by atoms with Gasteiger partial charge in [-0.05, 0) is 43.9 Å². The van der Waals surface area contributed by atoms with Crippen LogP contribution in [0.5, 0.6) is 0 Å². The number of anilines is 1. The Hall–Kier alpha value is -2.81. The molecule has 10 heteroatoms. The van der Waals surface area contributed by atoms with Gasteiger partial charge in [-0.1, -0.05) is 23.7 Å². The third-order valence-electron chi connectivity index (χ3n) is 6.89. The number of aromatic nitrogens is 3. The number of carbonyl (C=O) groups excluding carboxylic acids is 1. The van der Waals surface area contributed by atoms with Gasteiger partial charge in [0.25, 0.3) is 0 Å². The molecular weight excluding hydrogens is 467 g/mol. The van der Waals surface area contributed by atoms with Crippen LogP contribution in [-0.4, -0.2) is 51.9 Å². The maximum Gasteiger partial charge on any atom is 0.417 e. The molecule has 3 aromatic rings. The Kier molecular flexibility index (Phi) is 6.14. The summed E-state index contributed by atoms with van der Waals surface area (Å²) in [5, 5.41) is -0.0211. The summed E-state index contributed by atoms with van der Waals surface area (Å²) >= 11 is 6.09. The lowest BCUT2D eigenvalue weighted by Crippen LogP contribution is -2.45. The third-order valence-corrected chi connectivity index (χ3v) is 7.17. The van der Waals surface area contributed by atoms with Crippen molar-refractivity contribution in [2.24, 2.45) is 5.92 Å². The Morgan fingerprint density at radius 1 is 1.06 bits per heavy atom. The highest BCUT2D eigenvalue weighted by Crippen LogP contribution is 2.35. The van der Waals surface area contributed by atoms with Gasteiger partial charge in [-0.2, -0.15) is 13.2 Å². The van der Waals surface area contributed by atoms with Crippen molar-refractivity contribution in [1.82, 2.24) is 19.9 Å². The van der Waals surface area contributed by atoms with Crippen molar-refractivity contribution in [2.75, 3.05) is 31.1 Å². The number of hydrogen-bond donors (Lipinski definition) is 1. The van der Waals surface area contributed by atoms with Gasteiger partial charge in [0, 0.05) is 44.2 Å². The van der Waals surface area contributed by atoms with E-state index in [1.54, 1.807) is 0 Å². The second-order valence-electron chi connectivity index (χ2n) is 9.03. The van der Waals surface area contributed by atoms with Gasteiger partial charge in [-0.25, -0.2) is 9.97 Å². The molecule has 0 saturated carbocycles.